The molecule has 1 saturated carbocycles. The molecule has 1 saturated heterocycles. The summed E-state index contributed by atoms with van der Waals surface area (Å²) in [6.45, 7) is 2.04. The van der Waals surface area contributed by atoms with E-state index in [-0.39, 0.29) is 17.0 Å². The predicted molar refractivity (Wildman–Crippen MR) is 83.0 cm³/mol. The van der Waals surface area contributed by atoms with Crippen molar-refractivity contribution in [2.24, 2.45) is 0 Å². The number of hydrogen-bond donors (Lipinski definition) is 1. The Kier molecular flexibility index (Phi) is 2.50. The van der Waals surface area contributed by atoms with E-state index >= 15 is 0 Å². The van der Waals surface area contributed by atoms with E-state index in [0.29, 0.717) is 18.0 Å². The number of anilines is 1. The summed E-state index contributed by atoms with van der Waals surface area (Å²) in [5.41, 5.74) is 8.05. The molecule has 1 atom stereocenters. The number of rotatable bonds is 2. The molecule has 2 heterocycles. The molecule has 5 nitrogen and oxygen atoms in total. The number of imidazole rings is 1. The van der Waals surface area contributed by atoms with Crippen LogP contribution in [0, 0.1) is 0 Å². The van der Waals surface area contributed by atoms with Gasteiger partial charge in [0, 0.05) is 11.6 Å². The molecular formula is C15H19N3O2S. The molecule has 6 heteroatoms. The first-order chi connectivity index (χ1) is 9.88. The highest BCUT2D eigenvalue weighted by molar-refractivity contribution is 7.91. The highest BCUT2D eigenvalue weighted by atomic mass is 32.2. The second-order valence-corrected chi connectivity index (χ2v) is 8.85. The largest absolute Gasteiger partial charge is 0.399 e. The van der Waals surface area contributed by atoms with Crippen molar-refractivity contribution < 1.29 is 8.42 Å². The lowest BCUT2D eigenvalue weighted by atomic mass is 10.0. The Morgan fingerprint density at radius 2 is 2.14 bits per heavy atom. The number of nitrogen functional groups attached to an aromatic ring is 1. The van der Waals surface area contributed by atoms with Crippen LogP contribution in [0.3, 0.4) is 0 Å². The number of aromatic nitrogens is 2. The van der Waals surface area contributed by atoms with Crippen molar-refractivity contribution in [3.05, 3.63) is 24.0 Å². The minimum atomic E-state index is -2.95. The second kappa shape index (κ2) is 4.00. The fourth-order valence-electron chi connectivity index (χ4n) is 3.47. The second-order valence-electron chi connectivity index (χ2n) is 6.67. The van der Waals surface area contributed by atoms with Gasteiger partial charge in [-0.1, -0.05) is 0 Å². The van der Waals surface area contributed by atoms with E-state index in [9.17, 15) is 8.42 Å². The van der Waals surface area contributed by atoms with Gasteiger partial charge in [-0.15, -0.1) is 0 Å². The van der Waals surface area contributed by atoms with Crippen molar-refractivity contribution in [3.8, 4) is 0 Å². The van der Waals surface area contributed by atoms with Gasteiger partial charge in [0.1, 0.15) is 5.82 Å². The van der Waals surface area contributed by atoms with Crippen LogP contribution in [0.15, 0.2) is 18.2 Å². The monoisotopic (exact) mass is 305 g/mol. The summed E-state index contributed by atoms with van der Waals surface area (Å²) in [6, 6.07) is 5.72. The Bertz CT molecular complexity index is 836. The Labute approximate surface area is 124 Å². The molecule has 1 aliphatic heterocycles. The normalized spacial score (nSPS) is 28.2. The van der Waals surface area contributed by atoms with Gasteiger partial charge in [0.2, 0.25) is 0 Å². The third-order valence-corrected chi connectivity index (χ3v) is 6.56. The van der Waals surface area contributed by atoms with E-state index in [1.165, 1.54) is 0 Å². The predicted octanol–water partition coefficient (Wildman–Crippen LogP) is 2.03. The zero-order valence-electron chi connectivity index (χ0n) is 12.0. The number of sulfone groups is 1. The minimum Gasteiger partial charge on any atom is -0.399 e. The van der Waals surface area contributed by atoms with Crippen molar-refractivity contribution in [2.45, 2.75) is 37.6 Å². The lowest BCUT2D eigenvalue weighted by Crippen LogP contribution is -2.32. The summed E-state index contributed by atoms with van der Waals surface area (Å²) >= 11 is 0. The smallest absolute Gasteiger partial charge is 0.152 e. The molecule has 4 rings (SSSR count). The van der Waals surface area contributed by atoms with Gasteiger partial charge >= 0.3 is 0 Å². The molecule has 112 valence electrons. The summed E-state index contributed by atoms with van der Waals surface area (Å²) in [6.07, 6.45) is 2.94. The lowest BCUT2D eigenvalue weighted by Gasteiger charge is -2.27. The number of benzene rings is 1. The molecule has 1 aromatic carbocycles. The van der Waals surface area contributed by atoms with Crippen LogP contribution >= 0.6 is 0 Å². The Morgan fingerprint density at radius 3 is 2.76 bits per heavy atom. The molecule has 0 radical (unpaired) electrons. The van der Waals surface area contributed by atoms with Gasteiger partial charge in [-0.25, -0.2) is 13.4 Å². The Balaban J connectivity index is 1.96. The van der Waals surface area contributed by atoms with Gasteiger partial charge in [0.25, 0.3) is 0 Å². The molecule has 0 spiro atoms. The van der Waals surface area contributed by atoms with Crippen molar-refractivity contribution in [2.75, 3.05) is 17.2 Å². The summed E-state index contributed by atoms with van der Waals surface area (Å²) < 4.78 is 26.1. The molecule has 1 unspecified atom stereocenters. The lowest BCUT2D eigenvalue weighted by molar-refractivity contribution is 0.364. The van der Waals surface area contributed by atoms with Crippen LogP contribution in [-0.4, -0.2) is 29.5 Å². The van der Waals surface area contributed by atoms with Crippen molar-refractivity contribution in [1.29, 1.82) is 0 Å². The first kappa shape index (κ1) is 13.1. The Morgan fingerprint density at radius 1 is 1.38 bits per heavy atom. The molecule has 1 aromatic heterocycles. The van der Waals surface area contributed by atoms with E-state index in [1.54, 1.807) is 0 Å². The Hall–Kier alpha value is -1.56. The van der Waals surface area contributed by atoms with Crippen LogP contribution in [-0.2, 0) is 15.4 Å². The first-order valence-corrected chi connectivity index (χ1v) is 9.19. The van der Waals surface area contributed by atoms with E-state index in [2.05, 4.69) is 4.57 Å². The zero-order chi connectivity index (χ0) is 14.8. The maximum absolute atomic E-state index is 12.0. The van der Waals surface area contributed by atoms with Gasteiger partial charge in [-0.2, -0.15) is 0 Å². The van der Waals surface area contributed by atoms with Crippen LogP contribution in [0.5, 0.6) is 0 Å². The van der Waals surface area contributed by atoms with Crippen molar-refractivity contribution in [1.82, 2.24) is 9.55 Å². The maximum atomic E-state index is 12.0. The molecule has 0 bridgehead atoms. The highest BCUT2D eigenvalue weighted by Gasteiger charge is 2.44. The van der Waals surface area contributed by atoms with Crippen LogP contribution in [0.1, 0.15) is 37.9 Å². The first-order valence-electron chi connectivity index (χ1n) is 7.37. The van der Waals surface area contributed by atoms with Gasteiger partial charge in [-0.3, -0.25) is 0 Å². The molecule has 2 aliphatic rings. The van der Waals surface area contributed by atoms with Crippen LogP contribution < -0.4 is 5.73 Å². The highest BCUT2D eigenvalue weighted by Crippen LogP contribution is 2.44. The van der Waals surface area contributed by atoms with Gasteiger partial charge in [0.15, 0.2) is 9.84 Å². The number of nitrogens with two attached hydrogens (primary N) is 1. The molecule has 1 aliphatic carbocycles. The molecule has 2 N–H and O–H groups in total. The van der Waals surface area contributed by atoms with Crippen LogP contribution in [0.25, 0.3) is 11.0 Å². The molecule has 21 heavy (non-hydrogen) atoms. The van der Waals surface area contributed by atoms with E-state index in [1.807, 2.05) is 25.1 Å². The van der Waals surface area contributed by atoms with E-state index in [4.69, 9.17) is 10.7 Å². The summed E-state index contributed by atoms with van der Waals surface area (Å²) in [5.74, 6) is 1.98. The minimum absolute atomic E-state index is 0.204. The van der Waals surface area contributed by atoms with Gasteiger partial charge < -0.3 is 10.3 Å². The number of nitrogens with zero attached hydrogens (tertiary/aromatic N) is 2. The van der Waals surface area contributed by atoms with Gasteiger partial charge in [0.05, 0.1) is 28.1 Å². The molecular weight excluding hydrogens is 286 g/mol. The quantitative estimate of drug-likeness (QED) is 0.861. The summed E-state index contributed by atoms with van der Waals surface area (Å²) in [4.78, 5) is 4.76. The van der Waals surface area contributed by atoms with E-state index < -0.39 is 9.84 Å². The van der Waals surface area contributed by atoms with Crippen molar-refractivity contribution in [3.63, 3.8) is 0 Å². The topological polar surface area (TPSA) is 78.0 Å². The van der Waals surface area contributed by atoms with Gasteiger partial charge in [-0.05, 0) is 44.4 Å². The number of fused-ring (bicyclic) bond motifs is 1. The molecule has 0 amide bonds. The molecule has 2 fully saturated rings. The molecule has 2 aromatic rings. The zero-order valence-corrected chi connectivity index (χ0v) is 12.9. The SMILES string of the molecule is CC1(n2c(C3CC3)nc3cc(N)ccc32)CCS(=O)(=O)C1. The van der Waals surface area contributed by atoms with Crippen LogP contribution in [0.2, 0.25) is 0 Å². The average Bonchev–Trinajstić information content (AvgIpc) is 3.10. The fourth-order valence-corrected chi connectivity index (χ4v) is 5.58. The third kappa shape index (κ3) is 2.04. The summed E-state index contributed by atoms with van der Waals surface area (Å²) in [5, 5.41) is 0. The third-order valence-electron chi connectivity index (χ3n) is 4.67. The van der Waals surface area contributed by atoms with Crippen LogP contribution in [0.4, 0.5) is 5.69 Å². The fraction of sp³-hybridized carbons (Fsp3) is 0.533. The van der Waals surface area contributed by atoms with Crippen molar-refractivity contribution >= 4 is 26.6 Å². The number of hydrogen-bond acceptors (Lipinski definition) is 4. The summed E-state index contributed by atoms with van der Waals surface area (Å²) in [7, 11) is -2.95. The average molecular weight is 305 g/mol. The maximum Gasteiger partial charge on any atom is 0.152 e. The van der Waals surface area contributed by atoms with E-state index in [0.717, 1.165) is 29.7 Å². The standard InChI is InChI=1S/C15H19N3O2S/c1-15(6-7-21(19,20)9-15)18-13-5-4-11(16)8-12(13)17-14(18)10-2-3-10/h4-5,8,10H,2-3,6-7,9,16H2,1H3.